The highest BCUT2D eigenvalue weighted by atomic mass is 32.1. The van der Waals surface area contributed by atoms with E-state index in [1.54, 1.807) is 0 Å². The monoisotopic (exact) mass is 653 g/mol. The van der Waals surface area contributed by atoms with Crippen LogP contribution in [0.5, 0.6) is 0 Å². The van der Waals surface area contributed by atoms with E-state index in [9.17, 15) is 0 Å². The summed E-state index contributed by atoms with van der Waals surface area (Å²) in [5.41, 5.74) is 8.23. The highest BCUT2D eigenvalue weighted by molar-refractivity contribution is 7.25. The molecule has 10 aromatic rings. The average Bonchev–Trinajstić information content (AvgIpc) is 3.55. The first-order valence-corrected chi connectivity index (χ1v) is 17.9. The maximum Gasteiger partial charge on any atom is 0.0462 e. The summed E-state index contributed by atoms with van der Waals surface area (Å²) in [7, 11) is 0. The zero-order valence-corrected chi connectivity index (χ0v) is 28.1. The molecule has 0 atom stereocenters. The second kappa shape index (κ2) is 11.7. The quantitative estimate of drug-likeness (QED) is 0.167. The number of hydrogen-bond acceptors (Lipinski definition) is 2. The number of thiophene rings is 1. The Morgan fingerprint density at radius 3 is 1.56 bits per heavy atom. The van der Waals surface area contributed by atoms with Crippen molar-refractivity contribution in [3.05, 3.63) is 188 Å². The molecule has 0 saturated carbocycles. The highest BCUT2D eigenvalue weighted by Crippen LogP contribution is 2.41. The molecule has 0 fully saturated rings. The number of hydrogen-bond donors (Lipinski definition) is 0. The van der Waals surface area contributed by atoms with Crippen LogP contribution in [0.25, 0.3) is 74.7 Å². The number of fused-ring (bicyclic) bond motifs is 8. The van der Waals surface area contributed by atoms with E-state index in [4.69, 9.17) is 0 Å². The smallest absolute Gasteiger partial charge is 0.0462 e. The van der Waals surface area contributed by atoms with Gasteiger partial charge in [-0.1, -0.05) is 127 Å². The van der Waals surface area contributed by atoms with Crippen LogP contribution in [-0.4, -0.2) is 0 Å². The first-order chi connectivity index (χ1) is 24.8. The summed E-state index contributed by atoms with van der Waals surface area (Å²) < 4.78 is 2.69. The van der Waals surface area contributed by atoms with Gasteiger partial charge in [-0.05, 0) is 115 Å². The SMILES string of the molecule is c1ccc(-c2ccc(N(c3ccccc3)c3ccc(-c4ccc5c(ccc6ccc7cc8sc9ccccc9c8cc7c65)c4)cc3)cc2)cc1. The van der Waals surface area contributed by atoms with Gasteiger partial charge in [-0.25, -0.2) is 0 Å². The molecular weight excluding hydrogens is 623 g/mol. The van der Waals surface area contributed by atoms with E-state index in [1.165, 1.54) is 74.7 Å². The molecule has 1 heterocycles. The van der Waals surface area contributed by atoms with Crippen molar-refractivity contribution >= 4 is 80.9 Å². The minimum atomic E-state index is 1.12. The molecular formula is C48H31NS. The van der Waals surface area contributed by atoms with Crippen molar-refractivity contribution in [2.75, 3.05) is 4.90 Å². The van der Waals surface area contributed by atoms with Crippen LogP contribution >= 0.6 is 11.3 Å². The van der Waals surface area contributed by atoms with Gasteiger partial charge < -0.3 is 4.90 Å². The van der Waals surface area contributed by atoms with Gasteiger partial charge in [0.1, 0.15) is 0 Å². The van der Waals surface area contributed by atoms with Crippen LogP contribution in [0.2, 0.25) is 0 Å². The van der Waals surface area contributed by atoms with Crippen molar-refractivity contribution in [3.63, 3.8) is 0 Å². The topological polar surface area (TPSA) is 3.24 Å². The van der Waals surface area contributed by atoms with Crippen LogP contribution in [0.15, 0.2) is 188 Å². The van der Waals surface area contributed by atoms with E-state index in [2.05, 4.69) is 193 Å². The number of anilines is 3. The van der Waals surface area contributed by atoms with Gasteiger partial charge >= 0.3 is 0 Å². The van der Waals surface area contributed by atoms with Crippen LogP contribution in [-0.2, 0) is 0 Å². The molecule has 1 aromatic heterocycles. The number of nitrogens with zero attached hydrogens (tertiary/aromatic N) is 1. The third-order valence-electron chi connectivity index (χ3n) is 10.0. The van der Waals surface area contributed by atoms with Gasteiger partial charge in [0.25, 0.3) is 0 Å². The van der Waals surface area contributed by atoms with Crippen molar-refractivity contribution in [1.82, 2.24) is 0 Å². The van der Waals surface area contributed by atoms with Crippen molar-refractivity contribution in [3.8, 4) is 22.3 Å². The Morgan fingerprint density at radius 2 is 0.840 bits per heavy atom. The van der Waals surface area contributed by atoms with Gasteiger partial charge in [0.2, 0.25) is 0 Å². The molecule has 0 aliphatic heterocycles. The lowest BCUT2D eigenvalue weighted by atomic mass is 9.93. The van der Waals surface area contributed by atoms with Crippen LogP contribution in [0, 0.1) is 0 Å². The van der Waals surface area contributed by atoms with Gasteiger partial charge in [-0.2, -0.15) is 0 Å². The molecule has 0 unspecified atom stereocenters. The van der Waals surface area contributed by atoms with Crippen LogP contribution in [0.4, 0.5) is 17.1 Å². The second-order valence-electron chi connectivity index (χ2n) is 13.0. The molecule has 50 heavy (non-hydrogen) atoms. The highest BCUT2D eigenvalue weighted by Gasteiger charge is 2.14. The fraction of sp³-hybridized carbons (Fsp3) is 0. The minimum Gasteiger partial charge on any atom is -0.311 e. The van der Waals surface area contributed by atoms with E-state index < -0.39 is 0 Å². The second-order valence-corrected chi connectivity index (χ2v) is 14.0. The molecule has 10 rings (SSSR count). The normalized spacial score (nSPS) is 11.6. The molecule has 234 valence electrons. The molecule has 0 radical (unpaired) electrons. The molecule has 0 spiro atoms. The first kappa shape index (κ1) is 28.8. The summed E-state index contributed by atoms with van der Waals surface area (Å²) in [6, 6.07) is 68.6. The predicted molar refractivity (Wildman–Crippen MR) is 217 cm³/mol. The maximum absolute atomic E-state index is 2.42. The molecule has 0 N–H and O–H groups in total. The van der Waals surface area contributed by atoms with Crippen molar-refractivity contribution in [1.29, 1.82) is 0 Å². The standard InChI is InChI=1S/C48H31NS/c1-3-9-32(10-4-1)33-19-24-40(25-20-33)49(39-11-5-2-6-12-39)41-26-21-34(22-27-41)36-23-28-42-37(29-36)17-15-35-16-18-38-30-47-45(31-44(38)48(35)42)43-13-7-8-14-46(43)50-47/h1-31H. The number of rotatable bonds is 5. The molecule has 0 saturated heterocycles. The Hall–Kier alpha value is -6.22. The number of para-hydroxylation sites is 1. The zero-order valence-electron chi connectivity index (χ0n) is 27.3. The number of benzene rings is 9. The Kier molecular flexibility index (Phi) is 6.75. The summed E-state index contributed by atoms with van der Waals surface area (Å²) in [4.78, 5) is 2.32. The summed E-state index contributed by atoms with van der Waals surface area (Å²) in [6.07, 6.45) is 0. The summed E-state index contributed by atoms with van der Waals surface area (Å²) >= 11 is 1.88. The van der Waals surface area contributed by atoms with E-state index in [0.717, 1.165) is 17.1 Å². The fourth-order valence-electron chi connectivity index (χ4n) is 7.55. The van der Waals surface area contributed by atoms with E-state index >= 15 is 0 Å². The first-order valence-electron chi connectivity index (χ1n) is 17.1. The van der Waals surface area contributed by atoms with Crippen LogP contribution in [0.3, 0.4) is 0 Å². The molecule has 2 heteroatoms. The fourth-order valence-corrected chi connectivity index (χ4v) is 8.68. The van der Waals surface area contributed by atoms with Gasteiger partial charge in [-0.3, -0.25) is 0 Å². The minimum absolute atomic E-state index is 1.12. The van der Waals surface area contributed by atoms with Crippen molar-refractivity contribution in [2.24, 2.45) is 0 Å². The van der Waals surface area contributed by atoms with Crippen LogP contribution < -0.4 is 4.90 Å². The molecule has 0 aliphatic carbocycles. The molecule has 0 bridgehead atoms. The molecule has 0 amide bonds. The van der Waals surface area contributed by atoms with Crippen LogP contribution in [0.1, 0.15) is 0 Å². The Balaban J connectivity index is 1.04. The summed E-state index contributed by atoms with van der Waals surface area (Å²) in [5, 5.41) is 10.5. The maximum atomic E-state index is 2.42. The van der Waals surface area contributed by atoms with Crippen molar-refractivity contribution in [2.45, 2.75) is 0 Å². The molecule has 0 aliphatic rings. The Labute approximate surface area is 294 Å². The third kappa shape index (κ3) is 4.84. The lowest BCUT2D eigenvalue weighted by molar-refractivity contribution is 1.28. The van der Waals surface area contributed by atoms with Gasteiger partial charge in [-0.15, -0.1) is 11.3 Å². The zero-order chi connectivity index (χ0) is 33.0. The predicted octanol–water partition coefficient (Wildman–Crippen LogP) is 14.3. The third-order valence-corrected chi connectivity index (χ3v) is 11.2. The van der Waals surface area contributed by atoms with Gasteiger partial charge in [0.05, 0.1) is 0 Å². The lowest BCUT2D eigenvalue weighted by Crippen LogP contribution is -2.09. The molecule has 9 aromatic carbocycles. The Morgan fingerprint density at radius 1 is 0.300 bits per heavy atom. The Bertz CT molecular complexity index is 2830. The van der Waals surface area contributed by atoms with Gasteiger partial charge in [0, 0.05) is 37.2 Å². The van der Waals surface area contributed by atoms with E-state index in [0.29, 0.717) is 0 Å². The van der Waals surface area contributed by atoms with E-state index in [-0.39, 0.29) is 0 Å². The van der Waals surface area contributed by atoms with E-state index in [1.807, 2.05) is 11.3 Å². The van der Waals surface area contributed by atoms with Crippen molar-refractivity contribution < 1.29 is 0 Å². The van der Waals surface area contributed by atoms with Gasteiger partial charge in [0.15, 0.2) is 0 Å². The lowest BCUT2D eigenvalue weighted by Gasteiger charge is -2.26. The molecule has 1 nitrogen and oxygen atoms in total. The summed E-state index contributed by atoms with van der Waals surface area (Å²) in [6.45, 7) is 0. The largest absolute Gasteiger partial charge is 0.311 e. The summed E-state index contributed by atoms with van der Waals surface area (Å²) in [5.74, 6) is 0. The average molecular weight is 654 g/mol.